The fourth-order valence-electron chi connectivity index (χ4n) is 0.633. The molecule has 68 valence electrons. The molecule has 0 radical (unpaired) electrons. The molecule has 0 spiro atoms. The van der Waals surface area contributed by atoms with E-state index in [1.807, 2.05) is 18.2 Å². The van der Waals surface area contributed by atoms with Gasteiger partial charge in [0, 0.05) is 14.1 Å². The molecule has 1 aromatic rings. The van der Waals surface area contributed by atoms with E-state index in [2.05, 4.69) is 0 Å². The van der Waals surface area contributed by atoms with Gasteiger partial charge in [-0.05, 0) is 12.1 Å². The molecule has 0 saturated heterocycles. The van der Waals surface area contributed by atoms with Crippen LogP contribution in [-0.2, 0) is 11.3 Å². The molecule has 5 heteroatoms. The average Bonchev–Trinajstić information content (AvgIpc) is 2.06. The van der Waals surface area contributed by atoms with Crippen molar-refractivity contribution < 1.29 is 8.39 Å². The first kappa shape index (κ1) is 13.1. The van der Waals surface area contributed by atoms with Crippen LogP contribution in [0.3, 0.4) is 0 Å². The summed E-state index contributed by atoms with van der Waals surface area (Å²) in [6.07, 6.45) is 0. The number of hydrogen-bond donors (Lipinski definition) is 0. The van der Waals surface area contributed by atoms with Gasteiger partial charge in [-0.2, -0.15) is 8.51 Å². The van der Waals surface area contributed by atoms with Crippen molar-refractivity contribution >= 4 is 40.8 Å². The van der Waals surface area contributed by atoms with Gasteiger partial charge in [-0.15, -0.1) is 0 Å². The van der Waals surface area contributed by atoms with Crippen LogP contribution < -0.4 is 4.18 Å². The minimum atomic E-state index is -1.39. The van der Waals surface area contributed by atoms with Gasteiger partial charge in [0.05, 0.1) is 0 Å². The molecule has 1 atom stereocenters. The Hall–Kier alpha value is 0.130. The molecule has 1 unspecified atom stereocenters. The maximum atomic E-state index is 11.1. The molecular formula is C8H12NNaO2S. The van der Waals surface area contributed by atoms with E-state index in [9.17, 15) is 4.21 Å². The summed E-state index contributed by atoms with van der Waals surface area (Å²) in [6.45, 7) is 0. The molecule has 1 aromatic carbocycles. The van der Waals surface area contributed by atoms with Crippen molar-refractivity contribution in [1.82, 2.24) is 4.31 Å². The first-order chi connectivity index (χ1) is 5.70. The standard InChI is InChI=1S/C8H11NO2S.Na.H/c1-9(2)12(10)11-8-6-4-3-5-7-8;;/h3-7H,1-2H3;;. The predicted molar refractivity (Wildman–Crippen MR) is 56.0 cm³/mol. The van der Waals surface area contributed by atoms with Gasteiger partial charge >= 0.3 is 29.6 Å². The Kier molecular flexibility index (Phi) is 6.63. The van der Waals surface area contributed by atoms with Gasteiger partial charge in [0.1, 0.15) is 5.75 Å². The van der Waals surface area contributed by atoms with Gasteiger partial charge in [-0.25, -0.2) is 0 Å². The van der Waals surface area contributed by atoms with Gasteiger partial charge in [0.15, 0.2) is 0 Å². The van der Waals surface area contributed by atoms with Gasteiger partial charge in [0.2, 0.25) is 0 Å². The molecule has 0 aromatic heterocycles. The van der Waals surface area contributed by atoms with E-state index < -0.39 is 11.3 Å². The number of benzene rings is 1. The molecule has 0 heterocycles. The van der Waals surface area contributed by atoms with Crippen molar-refractivity contribution in [3.8, 4) is 5.75 Å². The number of para-hydroxylation sites is 1. The zero-order valence-electron chi connectivity index (χ0n) is 7.06. The van der Waals surface area contributed by atoms with E-state index in [1.165, 1.54) is 4.31 Å². The van der Waals surface area contributed by atoms with Crippen molar-refractivity contribution in [3.05, 3.63) is 30.3 Å². The Bertz CT molecular complexity index is 266. The van der Waals surface area contributed by atoms with E-state index in [1.54, 1.807) is 26.2 Å². The Morgan fingerprint density at radius 3 is 2.23 bits per heavy atom. The topological polar surface area (TPSA) is 29.5 Å². The van der Waals surface area contributed by atoms with Crippen molar-refractivity contribution in [2.75, 3.05) is 14.1 Å². The summed E-state index contributed by atoms with van der Waals surface area (Å²) in [4.78, 5) is 0. The van der Waals surface area contributed by atoms with E-state index in [4.69, 9.17) is 4.18 Å². The predicted octanol–water partition coefficient (Wildman–Crippen LogP) is 0.557. The molecular weight excluding hydrogens is 197 g/mol. The molecule has 0 fully saturated rings. The normalized spacial score (nSPS) is 11.9. The maximum absolute atomic E-state index is 11.1. The van der Waals surface area contributed by atoms with Crippen LogP contribution in [-0.4, -0.2) is 52.2 Å². The van der Waals surface area contributed by atoms with E-state index in [0.29, 0.717) is 5.75 Å². The quantitative estimate of drug-likeness (QED) is 0.681. The zero-order valence-corrected chi connectivity index (χ0v) is 7.88. The molecule has 0 N–H and O–H groups in total. The van der Waals surface area contributed by atoms with Gasteiger partial charge in [-0.3, -0.25) is 0 Å². The van der Waals surface area contributed by atoms with Crippen LogP contribution in [0.1, 0.15) is 0 Å². The third-order valence-corrected chi connectivity index (χ3v) is 2.14. The second-order valence-corrected chi connectivity index (χ2v) is 3.76. The molecule has 0 bridgehead atoms. The Morgan fingerprint density at radius 1 is 1.23 bits per heavy atom. The fraction of sp³-hybridized carbons (Fsp3) is 0.250. The fourth-order valence-corrected chi connectivity index (χ4v) is 1.06. The molecule has 1 rings (SSSR count). The summed E-state index contributed by atoms with van der Waals surface area (Å²) in [6, 6.07) is 9.08. The van der Waals surface area contributed by atoms with Gasteiger partial charge in [-0.1, -0.05) is 18.2 Å². The summed E-state index contributed by atoms with van der Waals surface area (Å²) in [5.41, 5.74) is 0. The van der Waals surface area contributed by atoms with Crippen LogP contribution in [0.15, 0.2) is 30.3 Å². The summed E-state index contributed by atoms with van der Waals surface area (Å²) < 4.78 is 17.7. The first-order valence-electron chi connectivity index (χ1n) is 3.53. The van der Waals surface area contributed by atoms with Gasteiger partial charge in [0.25, 0.3) is 11.3 Å². The molecule has 3 nitrogen and oxygen atoms in total. The first-order valence-corrected chi connectivity index (χ1v) is 4.56. The van der Waals surface area contributed by atoms with Crippen LogP contribution >= 0.6 is 0 Å². The Labute approximate surface area is 103 Å². The molecule has 0 aliphatic heterocycles. The van der Waals surface area contributed by atoms with Gasteiger partial charge < -0.3 is 4.18 Å². The van der Waals surface area contributed by atoms with E-state index in [0.717, 1.165) is 0 Å². The van der Waals surface area contributed by atoms with Crippen molar-refractivity contribution in [1.29, 1.82) is 0 Å². The van der Waals surface area contributed by atoms with Crippen LogP contribution in [0.4, 0.5) is 0 Å². The summed E-state index contributed by atoms with van der Waals surface area (Å²) >= 11 is -1.39. The minimum absolute atomic E-state index is 0. The van der Waals surface area contributed by atoms with E-state index in [-0.39, 0.29) is 29.6 Å². The molecule has 0 aliphatic rings. The summed E-state index contributed by atoms with van der Waals surface area (Å²) in [5, 5.41) is 0. The summed E-state index contributed by atoms with van der Waals surface area (Å²) in [7, 11) is 3.39. The third-order valence-electron chi connectivity index (χ3n) is 1.21. The number of rotatable bonds is 3. The van der Waals surface area contributed by atoms with Crippen LogP contribution in [0.25, 0.3) is 0 Å². The van der Waals surface area contributed by atoms with Crippen LogP contribution in [0.2, 0.25) is 0 Å². The zero-order chi connectivity index (χ0) is 8.97. The molecule has 0 saturated carbocycles. The molecule has 0 amide bonds. The van der Waals surface area contributed by atoms with Crippen molar-refractivity contribution in [2.24, 2.45) is 0 Å². The Morgan fingerprint density at radius 2 is 1.77 bits per heavy atom. The Balaban J connectivity index is 0.00000144. The van der Waals surface area contributed by atoms with Crippen molar-refractivity contribution in [3.63, 3.8) is 0 Å². The number of hydrogen-bond acceptors (Lipinski definition) is 2. The second kappa shape index (κ2) is 6.56. The SMILES string of the molecule is CN(C)S(=O)Oc1ccccc1.[NaH]. The average molecular weight is 209 g/mol. The monoisotopic (exact) mass is 209 g/mol. The van der Waals surface area contributed by atoms with E-state index >= 15 is 0 Å². The molecule has 13 heavy (non-hydrogen) atoms. The van der Waals surface area contributed by atoms with Crippen molar-refractivity contribution in [2.45, 2.75) is 0 Å². The molecule has 0 aliphatic carbocycles. The summed E-state index contributed by atoms with van der Waals surface area (Å²) in [5.74, 6) is 0.615. The van der Waals surface area contributed by atoms with Crippen LogP contribution in [0.5, 0.6) is 5.75 Å². The number of nitrogens with zero attached hydrogens (tertiary/aromatic N) is 1. The second-order valence-electron chi connectivity index (χ2n) is 2.43. The third kappa shape index (κ3) is 4.78. The van der Waals surface area contributed by atoms with Crippen LogP contribution in [0, 0.1) is 0 Å².